The summed E-state index contributed by atoms with van der Waals surface area (Å²) in [5.41, 5.74) is 0.597. The molecule has 0 aromatic heterocycles. The number of benzene rings is 1. The highest BCUT2D eigenvalue weighted by Crippen LogP contribution is 2.26. The van der Waals surface area contributed by atoms with Crippen LogP contribution in [0.3, 0.4) is 0 Å². The van der Waals surface area contributed by atoms with Gasteiger partial charge in [-0.25, -0.2) is 0 Å². The fraction of sp³-hybridized carbons (Fsp3) is 0.467. The van der Waals surface area contributed by atoms with Gasteiger partial charge in [0.2, 0.25) is 0 Å². The molecule has 0 atom stereocenters. The second-order valence-corrected chi connectivity index (χ2v) is 4.78. The first-order valence-corrected chi connectivity index (χ1v) is 6.65. The van der Waals surface area contributed by atoms with Gasteiger partial charge in [0, 0.05) is 18.2 Å². The Bertz CT molecular complexity index is 480. The number of carbonyl (C=O) groups excluding carboxylic acids is 2. The smallest absolute Gasteiger partial charge is 0.260 e. The number of amides is 1. The monoisotopic (exact) mass is 261 g/mol. The average molecular weight is 261 g/mol. The van der Waals surface area contributed by atoms with Crippen molar-refractivity contribution in [3.05, 3.63) is 29.8 Å². The van der Waals surface area contributed by atoms with Crippen molar-refractivity contribution < 1.29 is 14.3 Å². The third-order valence-corrected chi connectivity index (χ3v) is 3.25. The molecule has 1 aromatic carbocycles. The van der Waals surface area contributed by atoms with Crippen molar-refractivity contribution in [2.45, 2.75) is 32.7 Å². The Balaban J connectivity index is 1.92. The molecule has 4 heteroatoms. The van der Waals surface area contributed by atoms with E-state index in [1.165, 1.54) is 6.92 Å². The third kappa shape index (κ3) is 3.56. The van der Waals surface area contributed by atoms with Crippen LogP contribution in [0.15, 0.2) is 24.3 Å². The van der Waals surface area contributed by atoms with Crippen LogP contribution in [0, 0.1) is 0 Å². The molecule has 1 saturated carbocycles. The molecule has 0 bridgehead atoms. The molecule has 1 aliphatic rings. The van der Waals surface area contributed by atoms with Gasteiger partial charge in [0.05, 0.1) is 0 Å². The maximum atomic E-state index is 12.0. The van der Waals surface area contributed by atoms with Gasteiger partial charge in [-0.3, -0.25) is 9.59 Å². The van der Waals surface area contributed by atoms with Crippen LogP contribution in [0.4, 0.5) is 0 Å². The summed E-state index contributed by atoms with van der Waals surface area (Å²) in [6.07, 6.45) is 2.19. The van der Waals surface area contributed by atoms with Crippen LogP contribution in [0.1, 0.15) is 37.0 Å². The van der Waals surface area contributed by atoms with Crippen LogP contribution >= 0.6 is 0 Å². The lowest BCUT2D eigenvalue weighted by molar-refractivity contribution is -0.133. The van der Waals surface area contributed by atoms with E-state index >= 15 is 0 Å². The van der Waals surface area contributed by atoms with E-state index in [0.717, 1.165) is 19.4 Å². The molecule has 4 nitrogen and oxygen atoms in total. The highest BCUT2D eigenvalue weighted by Gasteiger charge is 2.31. The van der Waals surface area contributed by atoms with Gasteiger partial charge in [0.15, 0.2) is 12.4 Å². The molecule has 0 spiro atoms. The van der Waals surface area contributed by atoms with Crippen LogP contribution in [0.2, 0.25) is 0 Å². The zero-order chi connectivity index (χ0) is 13.8. The molecule has 0 aliphatic heterocycles. The van der Waals surface area contributed by atoms with E-state index in [1.807, 2.05) is 11.8 Å². The minimum atomic E-state index is -0.00931. The highest BCUT2D eigenvalue weighted by molar-refractivity contribution is 5.94. The summed E-state index contributed by atoms with van der Waals surface area (Å²) in [5.74, 6) is 0.566. The van der Waals surface area contributed by atoms with Gasteiger partial charge in [-0.1, -0.05) is 12.1 Å². The average Bonchev–Trinajstić information content (AvgIpc) is 3.22. The number of rotatable bonds is 6. The zero-order valence-electron chi connectivity index (χ0n) is 11.4. The lowest BCUT2D eigenvalue weighted by atomic mass is 10.1. The van der Waals surface area contributed by atoms with E-state index in [4.69, 9.17) is 4.74 Å². The van der Waals surface area contributed by atoms with Crippen LogP contribution in [-0.4, -0.2) is 35.8 Å². The van der Waals surface area contributed by atoms with Crippen molar-refractivity contribution in [3.8, 4) is 5.75 Å². The molecular weight excluding hydrogens is 242 g/mol. The molecule has 1 aromatic rings. The molecular formula is C15H19NO3. The molecule has 0 saturated heterocycles. The number of ether oxygens (including phenoxy) is 1. The summed E-state index contributed by atoms with van der Waals surface area (Å²) in [5, 5.41) is 0. The van der Waals surface area contributed by atoms with Crippen LogP contribution in [0.25, 0.3) is 0 Å². The summed E-state index contributed by atoms with van der Waals surface area (Å²) in [6, 6.07) is 7.33. The lowest BCUT2D eigenvalue weighted by Crippen LogP contribution is -2.36. The zero-order valence-corrected chi connectivity index (χ0v) is 11.4. The maximum Gasteiger partial charge on any atom is 0.260 e. The van der Waals surface area contributed by atoms with Crippen LogP contribution < -0.4 is 4.74 Å². The Labute approximate surface area is 113 Å². The predicted molar refractivity (Wildman–Crippen MR) is 72.4 cm³/mol. The Morgan fingerprint density at radius 3 is 2.68 bits per heavy atom. The molecule has 2 rings (SSSR count). The molecule has 0 N–H and O–H groups in total. The highest BCUT2D eigenvalue weighted by atomic mass is 16.5. The standard InChI is InChI=1S/C15H19NO3/c1-3-16(13-7-8-13)15(18)10-19-14-6-4-5-12(9-14)11(2)17/h4-6,9,13H,3,7-8,10H2,1-2H3. The van der Waals surface area contributed by atoms with Crippen LogP contribution in [-0.2, 0) is 4.79 Å². The second kappa shape index (κ2) is 5.87. The van der Waals surface area contributed by atoms with Gasteiger partial charge in [-0.2, -0.15) is 0 Å². The number of Topliss-reactive ketones (excluding diaryl/α,β-unsaturated/α-hetero) is 1. The van der Waals surface area contributed by atoms with E-state index in [2.05, 4.69) is 0 Å². The SMILES string of the molecule is CCN(C(=O)COc1cccc(C(C)=O)c1)C1CC1. The van der Waals surface area contributed by atoms with Crippen molar-refractivity contribution in [2.75, 3.05) is 13.2 Å². The van der Waals surface area contributed by atoms with E-state index in [-0.39, 0.29) is 18.3 Å². The summed E-state index contributed by atoms with van der Waals surface area (Å²) in [7, 11) is 0. The third-order valence-electron chi connectivity index (χ3n) is 3.25. The summed E-state index contributed by atoms with van der Waals surface area (Å²) in [4.78, 5) is 25.1. The second-order valence-electron chi connectivity index (χ2n) is 4.78. The quantitative estimate of drug-likeness (QED) is 0.738. The van der Waals surface area contributed by atoms with Gasteiger partial charge in [0.25, 0.3) is 5.91 Å². The van der Waals surface area contributed by atoms with Crippen molar-refractivity contribution in [1.29, 1.82) is 0 Å². The first-order valence-electron chi connectivity index (χ1n) is 6.65. The van der Waals surface area contributed by atoms with E-state index in [9.17, 15) is 9.59 Å². The number of likely N-dealkylation sites (N-methyl/N-ethyl adjacent to an activating group) is 1. The molecule has 19 heavy (non-hydrogen) atoms. The van der Waals surface area contributed by atoms with E-state index < -0.39 is 0 Å². The molecule has 0 radical (unpaired) electrons. The lowest BCUT2D eigenvalue weighted by Gasteiger charge is -2.20. The minimum absolute atomic E-state index is 0.00931. The van der Waals surface area contributed by atoms with Gasteiger partial charge in [-0.05, 0) is 38.8 Å². The fourth-order valence-corrected chi connectivity index (χ4v) is 2.06. The topological polar surface area (TPSA) is 46.6 Å². The van der Waals surface area contributed by atoms with Crippen molar-refractivity contribution in [3.63, 3.8) is 0 Å². The Kier molecular flexibility index (Phi) is 4.20. The van der Waals surface area contributed by atoms with Gasteiger partial charge >= 0.3 is 0 Å². The first-order chi connectivity index (χ1) is 9.11. The van der Waals surface area contributed by atoms with E-state index in [1.54, 1.807) is 24.3 Å². The number of hydrogen-bond acceptors (Lipinski definition) is 3. The van der Waals surface area contributed by atoms with Crippen LogP contribution in [0.5, 0.6) is 5.75 Å². The summed E-state index contributed by atoms with van der Waals surface area (Å²) in [6.45, 7) is 4.24. The Morgan fingerprint density at radius 2 is 2.11 bits per heavy atom. The Hall–Kier alpha value is -1.84. The maximum absolute atomic E-state index is 12.0. The summed E-state index contributed by atoms with van der Waals surface area (Å²) < 4.78 is 5.48. The number of nitrogens with zero attached hydrogens (tertiary/aromatic N) is 1. The van der Waals surface area contributed by atoms with Crippen molar-refractivity contribution in [2.24, 2.45) is 0 Å². The van der Waals surface area contributed by atoms with Crippen molar-refractivity contribution >= 4 is 11.7 Å². The molecule has 1 amide bonds. The number of carbonyl (C=O) groups is 2. The molecule has 102 valence electrons. The normalized spacial score (nSPS) is 14.0. The predicted octanol–water partition coefficient (Wildman–Crippen LogP) is 2.28. The Morgan fingerprint density at radius 1 is 1.37 bits per heavy atom. The molecule has 0 unspecified atom stereocenters. The first kappa shape index (κ1) is 13.6. The van der Waals surface area contributed by atoms with Crippen molar-refractivity contribution in [1.82, 2.24) is 4.90 Å². The van der Waals surface area contributed by atoms with E-state index in [0.29, 0.717) is 17.4 Å². The molecule has 0 heterocycles. The van der Waals surface area contributed by atoms with Gasteiger partial charge < -0.3 is 9.64 Å². The van der Waals surface area contributed by atoms with Gasteiger partial charge in [-0.15, -0.1) is 0 Å². The largest absolute Gasteiger partial charge is 0.484 e. The number of hydrogen-bond donors (Lipinski definition) is 0. The fourth-order valence-electron chi connectivity index (χ4n) is 2.06. The van der Waals surface area contributed by atoms with Gasteiger partial charge in [0.1, 0.15) is 5.75 Å². The summed E-state index contributed by atoms with van der Waals surface area (Å²) >= 11 is 0. The molecule has 1 aliphatic carbocycles. The molecule has 1 fully saturated rings. The number of ketones is 1. The minimum Gasteiger partial charge on any atom is -0.484 e.